The number of nitrogens with one attached hydrogen (secondary N) is 4. The number of anilines is 1. The molecule has 54 heavy (non-hydrogen) atoms. The van der Waals surface area contributed by atoms with Gasteiger partial charge in [-0.2, -0.15) is 0 Å². The Balaban J connectivity index is 2.24. The van der Waals surface area contributed by atoms with Gasteiger partial charge in [0.2, 0.25) is 17.7 Å². The zero-order valence-electron chi connectivity index (χ0n) is 33.1. The van der Waals surface area contributed by atoms with Crippen LogP contribution in [0.4, 0.5) is 10.6 Å². The molecule has 0 aliphatic heterocycles. The minimum atomic E-state index is -1.36. The van der Waals surface area contributed by atoms with Crippen LogP contribution in [0, 0.1) is 18.8 Å². The molecule has 16 heteroatoms. The summed E-state index contributed by atoms with van der Waals surface area (Å²) in [5.41, 5.74) is -0.0696. The molecule has 2 aromatic rings. The molecule has 0 unspecified atom stereocenters. The second-order valence-electron chi connectivity index (χ2n) is 15.1. The van der Waals surface area contributed by atoms with Crippen molar-refractivity contribution >= 4 is 52.8 Å². The second-order valence-corrected chi connectivity index (χ2v) is 16.2. The van der Waals surface area contributed by atoms with E-state index in [0.29, 0.717) is 11.4 Å². The lowest BCUT2D eigenvalue weighted by Gasteiger charge is -2.29. The van der Waals surface area contributed by atoms with Gasteiger partial charge in [0.25, 0.3) is 5.91 Å². The number of carbonyl (C=O) groups is 6. The van der Waals surface area contributed by atoms with E-state index in [9.17, 15) is 33.9 Å². The number of rotatable bonds is 19. The van der Waals surface area contributed by atoms with Crippen LogP contribution in [-0.2, 0) is 39.9 Å². The summed E-state index contributed by atoms with van der Waals surface area (Å²) < 4.78 is 10.2. The molecule has 0 spiro atoms. The van der Waals surface area contributed by atoms with Crippen molar-refractivity contribution in [3.63, 3.8) is 0 Å². The molecule has 1 aromatic carbocycles. The fourth-order valence-electron chi connectivity index (χ4n) is 5.47. The zero-order valence-corrected chi connectivity index (χ0v) is 33.9. The van der Waals surface area contributed by atoms with E-state index in [1.165, 1.54) is 30.3 Å². The third-order valence-electron chi connectivity index (χ3n) is 7.93. The number of alkyl carbamates (subject to hydrolysis) is 1. The SMILES string of the molecule is COC(=O)[C@H](CC(C)C)NC(=O)[C@H](C)NC(=O)C[C@H](O)[C@H](CC(C)C)NC(=O)CN(C(=O)[C@H](Cc1ccccc1)NC(=O)OC(C)(C)C)c1csc(C)n1. The first-order valence-electron chi connectivity index (χ1n) is 18.1. The molecule has 5 atom stereocenters. The first-order chi connectivity index (χ1) is 25.2. The molecular weight excluding hydrogens is 717 g/mol. The van der Waals surface area contributed by atoms with Gasteiger partial charge in [0.1, 0.15) is 36.1 Å². The number of thiazole rings is 1. The lowest BCUT2D eigenvalue weighted by Crippen LogP contribution is -2.55. The molecular formula is C38H58N6O9S. The van der Waals surface area contributed by atoms with Crippen LogP contribution in [-0.4, -0.2) is 95.3 Å². The van der Waals surface area contributed by atoms with E-state index in [0.717, 1.165) is 5.56 Å². The van der Waals surface area contributed by atoms with Crippen molar-refractivity contribution in [1.82, 2.24) is 26.3 Å². The topological polar surface area (TPSA) is 205 Å². The largest absolute Gasteiger partial charge is 0.467 e. The van der Waals surface area contributed by atoms with Crippen molar-refractivity contribution in [2.45, 2.75) is 124 Å². The molecule has 0 aliphatic rings. The van der Waals surface area contributed by atoms with Gasteiger partial charge in [-0.05, 0) is 64.9 Å². The first kappa shape index (κ1) is 45.6. The molecule has 0 fully saturated rings. The standard InChI is InChI=1S/C38H58N6O9S/c1-22(2)16-27(30(45)19-32(46)39-24(5)34(48)42-29(17-23(3)4)36(50)52-10)41-33(47)20-44(31-21-54-25(6)40-31)35(49)28(18-26-14-12-11-13-15-26)43-37(51)53-38(7,8)9/h11-15,21-24,27-30,45H,16-20H2,1-10H3,(H,39,46)(H,41,47)(H,42,48)(H,43,51)/t24-,27-,28-,29-,30-/m0/s1. The molecule has 5 amide bonds. The lowest BCUT2D eigenvalue weighted by molar-refractivity contribution is -0.145. The van der Waals surface area contributed by atoms with Gasteiger partial charge in [0.05, 0.1) is 30.7 Å². The van der Waals surface area contributed by atoms with Crippen LogP contribution in [0.15, 0.2) is 35.7 Å². The molecule has 0 aliphatic carbocycles. The molecule has 0 bridgehead atoms. The van der Waals surface area contributed by atoms with E-state index in [2.05, 4.69) is 26.3 Å². The van der Waals surface area contributed by atoms with Gasteiger partial charge in [-0.1, -0.05) is 58.0 Å². The third-order valence-corrected chi connectivity index (χ3v) is 8.69. The molecule has 300 valence electrons. The van der Waals surface area contributed by atoms with E-state index in [1.54, 1.807) is 33.1 Å². The molecule has 5 N–H and O–H groups in total. The van der Waals surface area contributed by atoms with Crippen molar-refractivity contribution in [3.05, 3.63) is 46.3 Å². The Morgan fingerprint density at radius 3 is 2.04 bits per heavy atom. The highest BCUT2D eigenvalue weighted by atomic mass is 32.1. The number of amides is 5. The maximum atomic E-state index is 14.2. The summed E-state index contributed by atoms with van der Waals surface area (Å²) in [7, 11) is 1.23. The molecule has 2 rings (SSSR count). The smallest absolute Gasteiger partial charge is 0.408 e. The quantitative estimate of drug-likeness (QED) is 0.132. The minimum absolute atomic E-state index is 0.0128. The number of benzene rings is 1. The zero-order chi connectivity index (χ0) is 40.7. The van der Waals surface area contributed by atoms with Crippen LogP contribution in [0.2, 0.25) is 0 Å². The van der Waals surface area contributed by atoms with Crippen molar-refractivity contribution in [1.29, 1.82) is 0 Å². The first-order valence-corrected chi connectivity index (χ1v) is 19.0. The molecule has 0 radical (unpaired) electrons. The average molecular weight is 775 g/mol. The maximum Gasteiger partial charge on any atom is 0.408 e. The Morgan fingerprint density at radius 2 is 1.50 bits per heavy atom. The normalized spacial score (nSPS) is 14.2. The van der Waals surface area contributed by atoms with Crippen molar-refractivity contribution in [3.8, 4) is 0 Å². The molecule has 1 aromatic heterocycles. The van der Waals surface area contributed by atoms with Gasteiger partial charge in [0, 0.05) is 11.8 Å². The number of aliphatic hydroxyl groups is 1. The van der Waals surface area contributed by atoms with Gasteiger partial charge in [-0.15, -0.1) is 11.3 Å². The summed E-state index contributed by atoms with van der Waals surface area (Å²) in [5, 5.41) is 24.1. The van der Waals surface area contributed by atoms with Gasteiger partial charge in [-0.3, -0.25) is 24.1 Å². The summed E-state index contributed by atoms with van der Waals surface area (Å²) >= 11 is 1.28. The average Bonchev–Trinajstić information content (AvgIpc) is 3.50. The van der Waals surface area contributed by atoms with E-state index < -0.39 is 84.5 Å². The minimum Gasteiger partial charge on any atom is -0.467 e. The van der Waals surface area contributed by atoms with Crippen LogP contribution in [0.3, 0.4) is 0 Å². The van der Waals surface area contributed by atoms with E-state index in [-0.39, 0.29) is 30.5 Å². The van der Waals surface area contributed by atoms with Crippen molar-refractivity contribution in [2.24, 2.45) is 11.8 Å². The monoisotopic (exact) mass is 774 g/mol. The highest BCUT2D eigenvalue weighted by Crippen LogP contribution is 2.21. The van der Waals surface area contributed by atoms with Crippen LogP contribution in [0.1, 0.15) is 85.2 Å². The van der Waals surface area contributed by atoms with Gasteiger partial charge in [-0.25, -0.2) is 14.6 Å². The van der Waals surface area contributed by atoms with E-state index >= 15 is 0 Å². The number of methoxy groups -OCH3 is 1. The fourth-order valence-corrected chi connectivity index (χ4v) is 6.08. The highest BCUT2D eigenvalue weighted by Gasteiger charge is 2.33. The summed E-state index contributed by atoms with van der Waals surface area (Å²) in [6, 6.07) is 5.11. The Labute approximate surface area is 322 Å². The number of carbonyl (C=O) groups excluding carboxylic acids is 6. The predicted octanol–water partition coefficient (Wildman–Crippen LogP) is 3.41. The van der Waals surface area contributed by atoms with Gasteiger partial charge < -0.3 is 35.8 Å². The Bertz CT molecular complexity index is 1560. The third kappa shape index (κ3) is 16.2. The number of aryl methyl sites for hydroxylation is 1. The Morgan fingerprint density at radius 1 is 0.870 bits per heavy atom. The molecule has 0 saturated heterocycles. The van der Waals surface area contributed by atoms with Crippen molar-refractivity contribution < 1.29 is 43.3 Å². The summed E-state index contributed by atoms with van der Waals surface area (Å²) in [6.07, 6.45) is -1.89. The Hall–Kier alpha value is -4.57. The van der Waals surface area contributed by atoms with Crippen molar-refractivity contribution in [2.75, 3.05) is 18.6 Å². The van der Waals surface area contributed by atoms with Crippen LogP contribution in [0.25, 0.3) is 0 Å². The van der Waals surface area contributed by atoms with Crippen LogP contribution in [0.5, 0.6) is 0 Å². The highest BCUT2D eigenvalue weighted by molar-refractivity contribution is 7.09. The summed E-state index contributed by atoms with van der Waals surface area (Å²) in [5.74, 6) is -2.83. The van der Waals surface area contributed by atoms with Crippen LogP contribution < -0.4 is 26.2 Å². The number of nitrogens with zero attached hydrogens (tertiary/aromatic N) is 2. The number of hydrogen-bond acceptors (Lipinski definition) is 11. The fraction of sp³-hybridized carbons (Fsp3) is 0.605. The Kier molecular flexibility index (Phi) is 18.0. The van der Waals surface area contributed by atoms with Gasteiger partial charge in [0.15, 0.2) is 0 Å². The van der Waals surface area contributed by atoms with E-state index in [1.807, 2.05) is 58.0 Å². The lowest BCUT2D eigenvalue weighted by atomic mass is 9.96. The summed E-state index contributed by atoms with van der Waals surface area (Å²) in [4.78, 5) is 84.4. The molecule has 15 nitrogen and oxygen atoms in total. The maximum absolute atomic E-state index is 14.2. The van der Waals surface area contributed by atoms with E-state index in [4.69, 9.17) is 9.47 Å². The number of aliphatic hydroxyl groups excluding tert-OH is 1. The molecule has 0 saturated carbocycles. The molecule has 1 heterocycles. The second kappa shape index (κ2) is 21.4. The number of aromatic nitrogens is 1. The predicted molar refractivity (Wildman–Crippen MR) is 206 cm³/mol. The van der Waals surface area contributed by atoms with Gasteiger partial charge >= 0.3 is 12.1 Å². The summed E-state index contributed by atoms with van der Waals surface area (Å²) in [6.45, 7) is 15.4. The number of esters is 1. The number of hydrogen-bond donors (Lipinski definition) is 5. The van der Waals surface area contributed by atoms with Crippen LogP contribution >= 0.6 is 11.3 Å². The number of ether oxygens (including phenoxy) is 2.